The summed E-state index contributed by atoms with van der Waals surface area (Å²) in [5, 5.41) is 4.90. The topological polar surface area (TPSA) is 22.3 Å². The molecule has 0 fully saturated rings. The van der Waals surface area contributed by atoms with E-state index in [1.165, 1.54) is 82.4 Å². The molecule has 0 unspecified atom stereocenters. The molecule has 0 radical (unpaired) electrons. The summed E-state index contributed by atoms with van der Waals surface area (Å²) in [5.41, 5.74) is 19.8. The molecule has 9 aromatic carbocycles. The lowest BCUT2D eigenvalue weighted by Gasteiger charge is -2.43. The normalized spacial score (nSPS) is 13.5. The number of nitrogens with zero attached hydrogens (tertiary/aromatic N) is 3. The van der Waals surface area contributed by atoms with Gasteiger partial charge in [0.1, 0.15) is 11.5 Å². The minimum Gasteiger partial charge on any atom is -0.458 e. The standard InChI is InChI=1S/C66H58BN3O/c1-64(2,3)41-33-35-51-57(37-41)70(58-38-43(66(7,8)9)40-60-61(58)67(51)52-36-34-42(65(4,5)6)39-59(52)71-60)63-50(28-20-32-56(63)69-54-30-17-13-23-45(54)46-24-14-18-31-55(46)69)49-27-19-26-48-47-25-15-16-29-53(47)68(62(48)49)44-21-11-10-12-22-44/h10-40H,1-9H3. The average Bonchev–Trinajstić information content (AvgIpc) is 3.88. The molecule has 0 aliphatic carbocycles. The number of hydrogen-bond donors (Lipinski definition) is 0. The van der Waals surface area contributed by atoms with Gasteiger partial charge in [-0.3, -0.25) is 0 Å². The van der Waals surface area contributed by atoms with Gasteiger partial charge in [-0.05, 0) is 110 Å². The van der Waals surface area contributed by atoms with Crippen LogP contribution in [0.4, 0.5) is 17.1 Å². The Bertz CT molecular complexity index is 3930. The third-order valence-electron chi connectivity index (χ3n) is 15.4. The van der Waals surface area contributed by atoms with E-state index < -0.39 is 0 Å². The van der Waals surface area contributed by atoms with Crippen molar-refractivity contribution in [1.82, 2.24) is 9.13 Å². The van der Waals surface area contributed by atoms with Crippen LogP contribution in [0, 0.1) is 0 Å². The van der Waals surface area contributed by atoms with Crippen LogP contribution in [0.2, 0.25) is 0 Å². The molecule has 5 heteroatoms. The van der Waals surface area contributed by atoms with Gasteiger partial charge in [0.05, 0.1) is 33.4 Å². The first-order valence-corrected chi connectivity index (χ1v) is 25.3. The molecule has 11 aromatic rings. The highest BCUT2D eigenvalue weighted by atomic mass is 16.5. The maximum atomic E-state index is 7.33. The predicted octanol–water partition coefficient (Wildman–Crippen LogP) is 15.8. The summed E-state index contributed by atoms with van der Waals surface area (Å²) in [6.45, 7) is 20.8. The summed E-state index contributed by atoms with van der Waals surface area (Å²) in [7, 11) is 0. The maximum Gasteiger partial charge on any atom is 0.256 e. The Morgan fingerprint density at radius 1 is 0.380 bits per heavy atom. The van der Waals surface area contributed by atoms with Crippen molar-refractivity contribution in [2.24, 2.45) is 0 Å². The van der Waals surface area contributed by atoms with E-state index in [2.05, 4.69) is 264 Å². The molecular formula is C66H58BN3O. The number of fused-ring (bicyclic) bond motifs is 10. The van der Waals surface area contributed by atoms with Gasteiger partial charge in [-0.1, -0.05) is 190 Å². The molecule has 346 valence electrons. The van der Waals surface area contributed by atoms with Crippen molar-refractivity contribution in [1.29, 1.82) is 0 Å². The van der Waals surface area contributed by atoms with E-state index in [1.54, 1.807) is 0 Å². The fourth-order valence-electron chi connectivity index (χ4n) is 11.8. The zero-order valence-corrected chi connectivity index (χ0v) is 42.2. The number of para-hydroxylation sites is 6. The van der Waals surface area contributed by atoms with Gasteiger partial charge in [-0.2, -0.15) is 0 Å². The molecular weight excluding hydrogens is 862 g/mol. The number of aromatic nitrogens is 2. The van der Waals surface area contributed by atoms with Gasteiger partial charge < -0.3 is 18.8 Å². The molecule has 2 aromatic heterocycles. The van der Waals surface area contributed by atoms with Crippen LogP contribution in [0.3, 0.4) is 0 Å². The van der Waals surface area contributed by atoms with Gasteiger partial charge in [0.15, 0.2) is 0 Å². The molecule has 2 aliphatic rings. The van der Waals surface area contributed by atoms with E-state index in [-0.39, 0.29) is 23.0 Å². The highest BCUT2D eigenvalue weighted by Gasteiger charge is 2.44. The van der Waals surface area contributed by atoms with Crippen LogP contribution >= 0.6 is 0 Å². The quantitative estimate of drug-likeness (QED) is 0.164. The first-order chi connectivity index (χ1) is 34.1. The van der Waals surface area contributed by atoms with Crippen molar-refractivity contribution in [3.63, 3.8) is 0 Å². The molecule has 0 spiro atoms. The Morgan fingerprint density at radius 3 is 1.54 bits per heavy atom. The van der Waals surface area contributed by atoms with Crippen molar-refractivity contribution in [3.8, 4) is 34.0 Å². The predicted molar refractivity (Wildman–Crippen MR) is 303 cm³/mol. The summed E-state index contributed by atoms with van der Waals surface area (Å²) in [4.78, 5) is 2.65. The molecule has 0 amide bonds. The summed E-state index contributed by atoms with van der Waals surface area (Å²) in [5.74, 6) is 1.87. The van der Waals surface area contributed by atoms with Crippen LogP contribution in [0.15, 0.2) is 188 Å². The Balaban J connectivity index is 1.22. The Labute approximate surface area is 417 Å². The molecule has 0 atom stereocenters. The van der Waals surface area contributed by atoms with Gasteiger partial charge in [0.25, 0.3) is 6.71 Å². The summed E-state index contributed by atoms with van der Waals surface area (Å²) in [6.07, 6.45) is 0. The number of ether oxygens (including phenoxy) is 1. The van der Waals surface area contributed by atoms with E-state index in [4.69, 9.17) is 4.74 Å². The zero-order chi connectivity index (χ0) is 48.7. The average molecular weight is 920 g/mol. The van der Waals surface area contributed by atoms with Gasteiger partial charge in [0.2, 0.25) is 0 Å². The molecule has 0 bridgehead atoms. The lowest BCUT2D eigenvalue weighted by Crippen LogP contribution is -2.59. The van der Waals surface area contributed by atoms with Crippen molar-refractivity contribution in [2.45, 2.75) is 78.6 Å². The third kappa shape index (κ3) is 6.58. The molecule has 0 saturated heterocycles. The number of hydrogen-bond acceptors (Lipinski definition) is 2. The fourth-order valence-corrected chi connectivity index (χ4v) is 11.8. The summed E-state index contributed by atoms with van der Waals surface area (Å²) >= 11 is 0. The highest BCUT2D eigenvalue weighted by molar-refractivity contribution is 6.99. The molecule has 4 nitrogen and oxygen atoms in total. The molecule has 71 heavy (non-hydrogen) atoms. The second-order valence-corrected chi connectivity index (χ2v) is 23.0. The second-order valence-electron chi connectivity index (χ2n) is 23.0. The number of benzene rings is 9. The minimum absolute atomic E-state index is 0.0397. The third-order valence-corrected chi connectivity index (χ3v) is 15.4. The van der Waals surface area contributed by atoms with Crippen LogP contribution in [-0.2, 0) is 16.2 Å². The van der Waals surface area contributed by atoms with Crippen LogP contribution in [0.1, 0.15) is 79.0 Å². The van der Waals surface area contributed by atoms with E-state index in [9.17, 15) is 0 Å². The number of rotatable bonds is 4. The van der Waals surface area contributed by atoms with E-state index in [0.717, 1.165) is 45.4 Å². The second kappa shape index (κ2) is 15.4. The Morgan fingerprint density at radius 2 is 0.887 bits per heavy atom. The molecule has 13 rings (SSSR count). The highest BCUT2D eigenvalue weighted by Crippen LogP contribution is 2.52. The van der Waals surface area contributed by atoms with Gasteiger partial charge >= 0.3 is 0 Å². The number of anilines is 3. The Hall–Kier alpha value is -7.76. The molecule has 0 saturated carbocycles. The van der Waals surface area contributed by atoms with Gasteiger partial charge in [-0.15, -0.1) is 0 Å². The van der Waals surface area contributed by atoms with Crippen molar-refractivity contribution in [2.75, 3.05) is 4.90 Å². The SMILES string of the molecule is CC(C)(C)c1ccc2c(c1)Oc1cc(C(C)(C)C)cc3c1B2c1ccc(C(C)(C)C)cc1N3c1c(-c2cccc3c4ccccc4n(-c4ccccc4)c23)cccc1-n1c2ccccc2c2ccccc21. The summed E-state index contributed by atoms with van der Waals surface area (Å²) in [6, 6.07) is 70.6. The largest absolute Gasteiger partial charge is 0.458 e. The first-order valence-electron chi connectivity index (χ1n) is 25.3. The fraction of sp³-hybridized carbons (Fsp3) is 0.182. The Kier molecular flexibility index (Phi) is 9.37. The monoisotopic (exact) mass is 919 g/mol. The van der Waals surface area contributed by atoms with Crippen molar-refractivity contribution < 1.29 is 4.74 Å². The molecule has 0 N–H and O–H groups in total. The lowest BCUT2D eigenvalue weighted by molar-refractivity contribution is 0.479. The van der Waals surface area contributed by atoms with E-state index >= 15 is 0 Å². The lowest BCUT2D eigenvalue weighted by atomic mass is 9.34. The van der Waals surface area contributed by atoms with E-state index in [0.29, 0.717) is 0 Å². The van der Waals surface area contributed by atoms with Crippen LogP contribution in [-0.4, -0.2) is 15.8 Å². The summed E-state index contributed by atoms with van der Waals surface area (Å²) < 4.78 is 12.3. The smallest absolute Gasteiger partial charge is 0.256 e. The van der Waals surface area contributed by atoms with Gasteiger partial charge in [0, 0.05) is 49.7 Å². The molecule has 4 heterocycles. The van der Waals surface area contributed by atoms with Gasteiger partial charge in [-0.25, -0.2) is 0 Å². The van der Waals surface area contributed by atoms with Crippen molar-refractivity contribution >= 4 is 83.8 Å². The van der Waals surface area contributed by atoms with Crippen LogP contribution in [0.5, 0.6) is 11.5 Å². The van der Waals surface area contributed by atoms with Crippen molar-refractivity contribution in [3.05, 3.63) is 205 Å². The van der Waals surface area contributed by atoms with Crippen LogP contribution in [0.25, 0.3) is 66.1 Å². The van der Waals surface area contributed by atoms with Crippen LogP contribution < -0.4 is 26.0 Å². The zero-order valence-electron chi connectivity index (χ0n) is 42.2. The minimum atomic E-state index is -0.186. The molecule has 2 aliphatic heterocycles. The maximum absolute atomic E-state index is 7.33. The first kappa shape index (κ1) is 43.3. The van der Waals surface area contributed by atoms with E-state index in [1.807, 2.05) is 0 Å².